The molecule has 0 saturated heterocycles. The Morgan fingerprint density at radius 3 is 2.86 bits per heavy atom. The Morgan fingerprint density at radius 1 is 1.57 bits per heavy atom. The van der Waals surface area contributed by atoms with Crippen LogP contribution in [0.2, 0.25) is 0 Å². The zero-order valence-corrected chi connectivity index (χ0v) is 8.78. The lowest BCUT2D eigenvalue weighted by atomic mass is 10.3. The van der Waals surface area contributed by atoms with Gasteiger partial charge in [-0.05, 0) is 6.92 Å². The summed E-state index contributed by atoms with van der Waals surface area (Å²) in [6.45, 7) is 3.35. The molecule has 5 heteroatoms. The molecule has 0 aromatic carbocycles. The number of aliphatic hydroxyl groups excluding tert-OH is 1. The summed E-state index contributed by atoms with van der Waals surface area (Å²) in [5.74, 6) is -0.117. The molecule has 0 rings (SSSR count). The highest BCUT2D eigenvalue weighted by atomic mass is 16.5. The van der Waals surface area contributed by atoms with Gasteiger partial charge < -0.3 is 19.9 Å². The van der Waals surface area contributed by atoms with Crippen LogP contribution in [0.3, 0.4) is 0 Å². The smallest absolute Gasteiger partial charge is 0.222 e. The van der Waals surface area contributed by atoms with Gasteiger partial charge in [0, 0.05) is 26.7 Å². The van der Waals surface area contributed by atoms with Crippen molar-refractivity contribution in [2.24, 2.45) is 0 Å². The first kappa shape index (κ1) is 13.4. The Balaban J connectivity index is 3.34. The summed E-state index contributed by atoms with van der Waals surface area (Å²) < 4.78 is 9.72. The molecule has 1 amide bonds. The summed E-state index contributed by atoms with van der Waals surface area (Å²) >= 11 is 0. The highest BCUT2D eigenvalue weighted by Crippen LogP contribution is 1.85. The Labute approximate surface area is 84.4 Å². The first-order valence-electron chi connectivity index (χ1n) is 4.72. The van der Waals surface area contributed by atoms with E-state index >= 15 is 0 Å². The lowest BCUT2D eigenvalue weighted by molar-refractivity contribution is -0.122. The van der Waals surface area contributed by atoms with E-state index in [1.54, 1.807) is 0 Å². The molecule has 84 valence electrons. The fourth-order valence-electron chi connectivity index (χ4n) is 0.881. The monoisotopic (exact) mass is 205 g/mol. The molecule has 0 aromatic heterocycles. The van der Waals surface area contributed by atoms with Crippen molar-refractivity contribution in [1.82, 2.24) is 5.32 Å². The van der Waals surface area contributed by atoms with Crippen LogP contribution < -0.4 is 5.32 Å². The summed E-state index contributed by atoms with van der Waals surface area (Å²) in [7, 11) is 1.50. The van der Waals surface area contributed by atoms with Crippen molar-refractivity contribution in [3.8, 4) is 0 Å². The number of ether oxygens (including phenoxy) is 2. The van der Waals surface area contributed by atoms with E-state index in [0.29, 0.717) is 19.6 Å². The Hall–Kier alpha value is -0.650. The van der Waals surface area contributed by atoms with E-state index in [0.717, 1.165) is 0 Å². The summed E-state index contributed by atoms with van der Waals surface area (Å²) in [6, 6.07) is 0. The predicted molar refractivity (Wildman–Crippen MR) is 52.0 cm³/mol. The zero-order chi connectivity index (χ0) is 10.8. The lowest BCUT2D eigenvalue weighted by Gasteiger charge is -2.10. The molecule has 0 saturated carbocycles. The number of hydrogen-bond donors (Lipinski definition) is 2. The Kier molecular flexibility index (Phi) is 8.51. The summed E-state index contributed by atoms with van der Waals surface area (Å²) in [5.41, 5.74) is 0. The average molecular weight is 205 g/mol. The molecule has 0 bridgehead atoms. The van der Waals surface area contributed by atoms with E-state index in [9.17, 15) is 9.90 Å². The van der Waals surface area contributed by atoms with Crippen molar-refractivity contribution in [2.45, 2.75) is 19.4 Å². The van der Waals surface area contributed by atoms with Crippen molar-refractivity contribution in [1.29, 1.82) is 0 Å². The minimum Gasteiger partial charge on any atom is -0.389 e. The first-order valence-corrected chi connectivity index (χ1v) is 4.72. The van der Waals surface area contributed by atoms with Gasteiger partial charge in [0.05, 0.1) is 19.3 Å². The van der Waals surface area contributed by atoms with Gasteiger partial charge in [-0.1, -0.05) is 0 Å². The van der Waals surface area contributed by atoms with Crippen molar-refractivity contribution in [3.05, 3.63) is 0 Å². The molecule has 1 atom stereocenters. The Morgan fingerprint density at radius 2 is 2.29 bits per heavy atom. The van der Waals surface area contributed by atoms with Crippen LogP contribution in [0.15, 0.2) is 0 Å². The van der Waals surface area contributed by atoms with Crippen LogP contribution in [0.5, 0.6) is 0 Å². The van der Waals surface area contributed by atoms with Crippen molar-refractivity contribution in [2.75, 3.05) is 33.5 Å². The minimum absolute atomic E-state index is 0.117. The number of hydrogen-bond acceptors (Lipinski definition) is 4. The standard InChI is InChI=1S/C9H19NO4/c1-3-14-5-4-9(12)10-6-8(11)7-13-2/h8,11H,3-7H2,1-2H3,(H,10,12). The SMILES string of the molecule is CCOCCC(=O)NCC(O)COC. The molecule has 0 aromatic rings. The van der Waals surface area contributed by atoms with Gasteiger partial charge in [0.1, 0.15) is 0 Å². The Bertz CT molecular complexity index is 152. The number of rotatable bonds is 8. The molecule has 0 radical (unpaired) electrons. The molecule has 2 N–H and O–H groups in total. The topological polar surface area (TPSA) is 67.8 Å². The maximum absolute atomic E-state index is 11.1. The second kappa shape index (κ2) is 8.93. The first-order chi connectivity index (χ1) is 6.70. The van der Waals surface area contributed by atoms with Crippen molar-refractivity contribution >= 4 is 5.91 Å². The number of carbonyl (C=O) groups excluding carboxylic acids is 1. The molecule has 1 unspecified atom stereocenters. The van der Waals surface area contributed by atoms with E-state index in [-0.39, 0.29) is 19.1 Å². The fourth-order valence-corrected chi connectivity index (χ4v) is 0.881. The number of carbonyl (C=O) groups is 1. The molecular formula is C9H19NO4. The van der Waals surface area contributed by atoms with Crippen molar-refractivity contribution in [3.63, 3.8) is 0 Å². The van der Waals surface area contributed by atoms with Gasteiger partial charge in [-0.15, -0.1) is 0 Å². The van der Waals surface area contributed by atoms with Gasteiger partial charge in [-0.2, -0.15) is 0 Å². The molecule has 0 spiro atoms. The van der Waals surface area contributed by atoms with Crippen LogP contribution >= 0.6 is 0 Å². The van der Waals surface area contributed by atoms with Gasteiger partial charge in [0.15, 0.2) is 0 Å². The second-order valence-corrected chi connectivity index (χ2v) is 2.86. The van der Waals surface area contributed by atoms with Crippen LogP contribution in [0.4, 0.5) is 0 Å². The van der Waals surface area contributed by atoms with E-state index in [2.05, 4.69) is 5.32 Å². The van der Waals surface area contributed by atoms with E-state index in [4.69, 9.17) is 9.47 Å². The fraction of sp³-hybridized carbons (Fsp3) is 0.889. The van der Waals surface area contributed by atoms with E-state index < -0.39 is 6.10 Å². The zero-order valence-electron chi connectivity index (χ0n) is 8.78. The van der Waals surface area contributed by atoms with E-state index in [1.165, 1.54) is 7.11 Å². The van der Waals surface area contributed by atoms with Crippen LogP contribution in [0.1, 0.15) is 13.3 Å². The molecule has 0 aliphatic carbocycles. The molecular weight excluding hydrogens is 186 g/mol. The van der Waals surface area contributed by atoms with Gasteiger partial charge in [0.2, 0.25) is 5.91 Å². The predicted octanol–water partition coefficient (Wildman–Crippen LogP) is -0.463. The minimum atomic E-state index is -0.643. The molecule has 0 aliphatic heterocycles. The maximum atomic E-state index is 11.1. The third-order valence-electron chi connectivity index (χ3n) is 1.57. The molecule has 5 nitrogen and oxygen atoms in total. The van der Waals surface area contributed by atoms with Crippen LogP contribution in [0, 0.1) is 0 Å². The number of amides is 1. The quantitative estimate of drug-likeness (QED) is 0.526. The van der Waals surface area contributed by atoms with Crippen molar-refractivity contribution < 1.29 is 19.4 Å². The van der Waals surface area contributed by atoms with Gasteiger partial charge in [-0.3, -0.25) is 4.79 Å². The third-order valence-corrected chi connectivity index (χ3v) is 1.57. The van der Waals surface area contributed by atoms with E-state index in [1.807, 2.05) is 6.92 Å². The van der Waals surface area contributed by atoms with Gasteiger partial charge in [-0.25, -0.2) is 0 Å². The number of nitrogens with one attached hydrogen (secondary N) is 1. The largest absolute Gasteiger partial charge is 0.389 e. The molecule has 14 heavy (non-hydrogen) atoms. The highest BCUT2D eigenvalue weighted by molar-refractivity contribution is 5.75. The van der Waals surface area contributed by atoms with Crippen LogP contribution in [0.25, 0.3) is 0 Å². The summed E-state index contributed by atoms with van der Waals surface area (Å²) in [5, 5.41) is 11.8. The third kappa shape index (κ3) is 7.97. The number of methoxy groups -OCH3 is 1. The molecule has 0 fully saturated rings. The molecule has 0 aliphatic rings. The molecule has 0 heterocycles. The van der Waals surface area contributed by atoms with Crippen LogP contribution in [-0.2, 0) is 14.3 Å². The second-order valence-electron chi connectivity index (χ2n) is 2.86. The maximum Gasteiger partial charge on any atom is 0.222 e. The lowest BCUT2D eigenvalue weighted by Crippen LogP contribution is -2.34. The van der Waals surface area contributed by atoms with Gasteiger partial charge >= 0.3 is 0 Å². The highest BCUT2D eigenvalue weighted by Gasteiger charge is 2.05. The average Bonchev–Trinajstić information content (AvgIpc) is 2.16. The van der Waals surface area contributed by atoms with Crippen LogP contribution in [-0.4, -0.2) is 50.6 Å². The number of aliphatic hydroxyl groups is 1. The normalized spacial score (nSPS) is 12.5. The van der Waals surface area contributed by atoms with Gasteiger partial charge in [0.25, 0.3) is 0 Å². The summed E-state index contributed by atoms with van der Waals surface area (Å²) in [4.78, 5) is 11.1. The summed E-state index contributed by atoms with van der Waals surface area (Å²) in [6.07, 6.45) is -0.316.